The number of hydrogen-bond donors (Lipinski definition) is 1. The molecule has 4 aromatic rings. The SMILES string of the molecule is COc1ccc(CCNC(=O)[C@H](Cc2ccccc2)N(Cc2ccc(F)cc2)C(=O)CCc2ccccc2)cc1. The molecule has 206 valence electrons. The summed E-state index contributed by atoms with van der Waals surface area (Å²) in [6.07, 6.45) is 1.84. The Labute approximate surface area is 235 Å². The van der Waals surface area contributed by atoms with E-state index in [0.29, 0.717) is 25.8 Å². The Bertz CT molecular complexity index is 1340. The molecule has 0 radical (unpaired) electrons. The van der Waals surface area contributed by atoms with Gasteiger partial charge in [-0.15, -0.1) is 0 Å². The van der Waals surface area contributed by atoms with Crippen molar-refractivity contribution in [1.29, 1.82) is 0 Å². The summed E-state index contributed by atoms with van der Waals surface area (Å²) in [5.74, 6) is 0.0935. The van der Waals surface area contributed by atoms with E-state index in [1.165, 1.54) is 12.1 Å². The smallest absolute Gasteiger partial charge is 0.243 e. The van der Waals surface area contributed by atoms with Crippen molar-refractivity contribution in [3.63, 3.8) is 0 Å². The first-order valence-electron chi connectivity index (χ1n) is 13.5. The molecule has 6 heteroatoms. The van der Waals surface area contributed by atoms with Gasteiger partial charge in [0.1, 0.15) is 17.6 Å². The van der Waals surface area contributed by atoms with Crippen molar-refractivity contribution in [3.05, 3.63) is 137 Å². The highest BCUT2D eigenvalue weighted by Gasteiger charge is 2.30. The lowest BCUT2D eigenvalue weighted by Gasteiger charge is -2.31. The monoisotopic (exact) mass is 538 g/mol. The van der Waals surface area contributed by atoms with Crippen molar-refractivity contribution in [1.82, 2.24) is 10.2 Å². The summed E-state index contributed by atoms with van der Waals surface area (Å²) in [4.78, 5) is 29.1. The van der Waals surface area contributed by atoms with Crippen LogP contribution >= 0.6 is 0 Å². The van der Waals surface area contributed by atoms with Crippen molar-refractivity contribution in [2.45, 2.75) is 38.3 Å². The molecular weight excluding hydrogens is 503 g/mol. The molecular formula is C34H35FN2O3. The number of nitrogens with zero attached hydrogens (tertiary/aromatic N) is 1. The molecule has 0 aliphatic heterocycles. The van der Waals surface area contributed by atoms with Gasteiger partial charge in [0.25, 0.3) is 0 Å². The van der Waals surface area contributed by atoms with Crippen molar-refractivity contribution in [3.8, 4) is 5.75 Å². The molecule has 0 heterocycles. The molecule has 0 fully saturated rings. The maximum atomic E-state index is 13.7. The van der Waals surface area contributed by atoms with Crippen LogP contribution in [0, 0.1) is 5.82 Å². The van der Waals surface area contributed by atoms with E-state index >= 15 is 0 Å². The van der Waals surface area contributed by atoms with Crippen LogP contribution in [0.4, 0.5) is 4.39 Å². The Balaban J connectivity index is 1.54. The van der Waals surface area contributed by atoms with Gasteiger partial charge >= 0.3 is 0 Å². The number of halogens is 1. The number of methoxy groups -OCH3 is 1. The topological polar surface area (TPSA) is 58.6 Å². The zero-order chi connectivity index (χ0) is 28.2. The minimum Gasteiger partial charge on any atom is -0.497 e. The number of amides is 2. The second kappa shape index (κ2) is 14.6. The molecule has 5 nitrogen and oxygen atoms in total. The van der Waals surface area contributed by atoms with Gasteiger partial charge in [-0.05, 0) is 59.4 Å². The highest BCUT2D eigenvalue weighted by molar-refractivity contribution is 5.88. The van der Waals surface area contributed by atoms with Gasteiger partial charge in [0.2, 0.25) is 11.8 Å². The predicted octanol–water partition coefficient (Wildman–Crippen LogP) is 5.77. The molecule has 0 aliphatic carbocycles. The van der Waals surface area contributed by atoms with Gasteiger partial charge in [-0.25, -0.2) is 4.39 Å². The van der Waals surface area contributed by atoms with Crippen LogP contribution in [-0.2, 0) is 35.4 Å². The van der Waals surface area contributed by atoms with Gasteiger partial charge in [-0.2, -0.15) is 0 Å². The highest BCUT2D eigenvalue weighted by atomic mass is 19.1. The number of rotatable bonds is 13. The fraction of sp³-hybridized carbons (Fsp3) is 0.235. The standard InChI is InChI=1S/C34H35FN2O3/c1-40-31-19-14-27(15-20-31)22-23-36-34(39)32(24-28-10-6-3-7-11-28)37(25-29-12-17-30(35)18-13-29)33(38)21-16-26-8-4-2-5-9-26/h2-15,17-20,32H,16,21-25H2,1H3,(H,36,39)/t32-/m0/s1. The van der Waals surface area contributed by atoms with E-state index in [-0.39, 0.29) is 30.6 Å². The number of aryl methyl sites for hydroxylation is 1. The average molecular weight is 539 g/mol. The van der Waals surface area contributed by atoms with E-state index in [1.807, 2.05) is 84.9 Å². The first-order valence-corrected chi connectivity index (χ1v) is 13.5. The third-order valence-electron chi connectivity index (χ3n) is 6.88. The van der Waals surface area contributed by atoms with Crippen LogP contribution in [0.2, 0.25) is 0 Å². The third-order valence-corrected chi connectivity index (χ3v) is 6.88. The van der Waals surface area contributed by atoms with Crippen molar-refractivity contribution in [2.75, 3.05) is 13.7 Å². The number of carbonyl (C=O) groups excluding carboxylic acids is 2. The van der Waals surface area contributed by atoms with E-state index in [0.717, 1.165) is 28.0 Å². The van der Waals surface area contributed by atoms with Crippen LogP contribution in [0.3, 0.4) is 0 Å². The normalized spacial score (nSPS) is 11.4. The number of nitrogens with one attached hydrogen (secondary N) is 1. The number of hydrogen-bond acceptors (Lipinski definition) is 3. The number of carbonyl (C=O) groups is 2. The number of ether oxygens (including phenoxy) is 1. The van der Waals surface area contributed by atoms with Crippen LogP contribution in [0.1, 0.15) is 28.7 Å². The van der Waals surface area contributed by atoms with Crippen molar-refractivity contribution in [2.24, 2.45) is 0 Å². The lowest BCUT2D eigenvalue weighted by Crippen LogP contribution is -2.50. The Morgan fingerprint density at radius 2 is 1.32 bits per heavy atom. The van der Waals surface area contributed by atoms with Crippen LogP contribution in [0.15, 0.2) is 109 Å². The zero-order valence-electron chi connectivity index (χ0n) is 22.8. The summed E-state index contributed by atoms with van der Waals surface area (Å²) >= 11 is 0. The summed E-state index contributed by atoms with van der Waals surface area (Å²) in [6, 6.07) is 32.6. The minimum atomic E-state index is -0.730. The van der Waals surface area contributed by atoms with Gasteiger partial charge in [0, 0.05) is 25.9 Å². The van der Waals surface area contributed by atoms with Gasteiger partial charge in [0.15, 0.2) is 0 Å². The van der Waals surface area contributed by atoms with Crippen molar-refractivity contribution < 1.29 is 18.7 Å². The first kappa shape index (κ1) is 28.6. The van der Waals surface area contributed by atoms with Gasteiger partial charge in [-0.3, -0.25) is 9.59 Å². The molecule has 4 rings (SSSR count). The Morgan fingerprint density at radius 3 is 1.95 bits per heavy atom. The largest absolute Gasteiger partial charge is 0.497 e. The van der Waals surface area contributed by atoms with E-state index in [1.54, 1.807) is 24.1 Å². The lowest BCUT2D eigenvalue weighted by molar-refractivity contribution is -0.141. The molecule has 1 atom stereocenters. The molecule has 0 aliphatic rings. The maximum absolute atomic E-state index is 13.7. The van der Waals surface area contributed by atoms with E-state index in [2.05, 4.69) is 5.32 Å². The Hall–Kier alpha value is -4.45. The van der Waals surface area contributed by atoms with Gasteiger partial charge in [-0.1, -0.05) is 84.9 Å². The summed E-state index contributed by atoms with van der Waals surface area (Å²) in [5.41, 5.74) is 3.85. The van der Waals surface area contributed by atoms with Gasteiger partial charge < -0.3 is 15.0 Å². The summed E-state index contributed by atoms with van der Waals surface area (Å²) in [5, 5.41) is 3.06. The van der Waals surface area contributed by atoms with Crippen LogP contribution in [-0.4, -0.2) is 36.4 Å². The van der Waals surface area contributed by atoms with Crippen LogP contribution in [0.25, 0.3) is 0 Å². The molecule has 0 unspecified atom stereocenters. The minimum absolute atomic E-state index is 0.126. The first-order chi connectivity index (χ1) is 19.5. The zero-order valence-corrected chi connectivity index (χ0v) is 22.8. The van der Waals surface area contributed by atoms with Crippen LogP contribution < -0.4 is 10.1 Å². The second-order valence-corrected chi connectivity index (χ2v) is 9.73. The Morgan fingerprint density at radius 1 is 0.750 bits per heavy atom. The van der Waals surface area contributed by atoms with Crippen molar-refractivity contribution >= 4 is 11.8 Å². The molecule has 0 spiro atoms. The molecule has 0 saturated carbocycles. The number of benzene rings is 4. The third kappa shape index (κ3) is 8.53. The molecule has 0 saturated heterocycles. The predicted molar refractivity (Wildman–Crippen MR) is 155 cm³/mol. The molecule has 2 amide bonds. The molecule has 0 aromatic heterocycles. The Kier molecular flexibility index (Phi) is 10.4. The molecule has 4 aromatic carbocycles. The average Bonchev–Trinajstić information content (AvgIpc) is 3.00. The lowest BCUT2D eigenvalue weighted by atomic mass is 10.0. The van der Waals surface area contributed by atoms with E-state index in [9.17, 15) is 14.0 Å². The van der Waals surface area contributed by atoms with Gasteiger partial charge in [0.05, 0.1) is 7.11 Å². The maximum Gasteiger partial charge on any atom is 0.243 e. The molecule has 40 heavy (non-hydrogen) atoms. The fourth-order valence-corrected chi connectivity index (χ4v) is 4.62. The second-order valence-electron chi connectivity index (χ2n) is 9.73. The fourth-order valence-electron chi connectivity index (χ4n) is 4.62. The molecule has 1 N–H and O–H groups in total. The highest BCUT2D eigenvalue weighted by Crippen LogP contribution is 2.18. The summed E-state index contributed by atoms with van der Waals surface area (Å²) in [7, 11) is 1.63. The summed E-state index contributed by atoms with van der Waals surface area (Å²) in [6.45, 7) is 0.635. The van der Waals surface area contributed by atoms with Crippen LogP contribution in [0.5, 0.6) is 5.75 Å². The van der Waals surface area contributed by atoms with E-state index < -0.39 is 6.04 Å². The quantitative estimate of drug-likeness (QED) is 0.235. The van der Waals surface area contributed by atoms with E-state index in [4.69, 9.17) is 4.74 Å². The summed E-state index contributed by atoms with van der Waals surface area (Å²) < 4.78 is 18.9. The molecule has 0 bridgehead atoms.